The van der Waals surface area contributed by atoms with Gasteiger partial charge in [-0.05, 0) is 18.2 Å². The second-order valence-corrected chi connectivity index (χ2v) is 5.32. The minimum absolute atomic E-state index is 0.202. The molecule has 0 atom stereocenters. The number of nitrogens with zero attached hydrogens (tertiary/aromatic N) is 4. The summed E-state index contributed by atoms with van der Waals surface area (Å²) in [5.41, 5.74) is 1.78. The molecule has 0 radical (unpaired) electrons. The van der Waals surface area contributed by atoms with E-state index in [1.54, 1.807) is 22.9 Å². The highest BCUT2D eigenvalue weighted by Crippen LogP contribution is 2.26. The summed E-state index contributed by atoms with van der Waals surface area (Å²) in [4.78, 5) is 15.8. The van der Waals surface area contributed by atoms with Crippen LogP contribution in [0.25, 0.3) is 16.9 Å². The largest absolute Gasteiger partial charge is 0.478 e. The molecule has 0 unspecified atom stereocenters. The SMILES string of the molecule is CC(C)c1nc2ccc(C(=O)O)cc2n1-c1ccn(C)n1. The van der Waals surface area contributed by atoms with Crippen LogP contribution >= 0.6 is 0 Å². The summed E-state index contributed by atoms with van der Waals surface area (Å²) in [7, 11) is 1.85. The Labute approximate surface area is 121 Å². The minimum Gasteiger partial charge on any atom is -0.478 e. The Hall–Kier alpha value is -2.63. The van der Waals surface area contributed by atoms with E-state index in [0.717, 1.165) is 22.7 Å². The maximum absolute atomic E-state index is 11.2. The van der Waals surface area contributed by atoms with E-state index >= 15 is 0 Å². The molecule has 0 aliphatic heterocycles. The van der Waals surface area contributed by atoms with Crippen molar-refractivity contribution in [3.63, 3.8) is 0 Å². The van der Waals surface area contributed by atoms with E-state index in [4.69, 9.17) is 0 Å². The van der Waals surface area contributed by atoms with Gasteiger partial charge in [-0.1, -0.05) is 13.8 Å². The first kappa shape index (κ1) is 13.4. The third-order valence-electron chi connectivity index (χ3n) is 3.37. The van der Waals surface area contributed by atoms with E-state index in [1.807, 2.05) is 23.9 Å². The molecule has 3 aromatic rings. The first-order valence-electron chi connectivity index (χ1n) is 6.73. The van der Waals surface area contributed by atoms with Gasteiger partial charge in [0, 0.05) is 25.2 Å². The van der Waals surface area contributed by atoms with Crippen molar-refractivity contribution in [1.29, 1.82) is 0 Å². The van der Waals surface area contributed by atoms with Crippen molar-refractivity contribution < 1.29 is 9.90 Å². The number of hydrogen-bond donors (Lipinski definition) is 1. The number of carboxylic acid groups (broad SMARTS) is 1. The molecule has 108 valence electrons. The number of imidazole rings is 1. The van der Waals surface area contributed by atoms with Crippen LogP contribution in [0.3, 0.4) is 0 Å². The number of aromatic carboxylic acids is 1. The predicted octanol–water partition coefficient (Wildman–Crippen LogP) is 2.58. The number of benzene rings is 1. The summed E-state index contributed by atoms with van der Waals surface area (Å²) in [6, 6.07) is 6.85. The number of aromatic nitrogens is 4. The highest BCUT2D eigenvalue weighted by molar-refractivity contribution is 5.93. The van der Waals surface area contributed by atoms with Crippen LogP contribution in [0.5, 0.6) is 0 Å². The van der Waals surface area contributed by atoms with Crippen molar-refractivity contribution in [2.75, 3.05) is 0 Å². The van der Waals surface area contributed by atoms with Gasteiger partial charge >= 0.3 is 5.97 Å². The second kappa shape index (κ2) is 4.73. The fourth-order valence-electron chi connectivity index (χ4n) is 2.38. The lowest BCUT2D eigenvalue weighted by Gasteiger charge is -2.08. The highest BCUT2D eigenvalue weighted by Gasteiger charge is 2.18. The Morgan fingerprint density at radius 2 is 2.05 bits per heavy atom. The molecule has 0 saturated heterocycles. The monoisotopic (exact) mass is 284 g/mol. The van der Waals surface area contributed by atoms with Crippen molar-refractivity contribution in [3.8, 4) is 5.82 Å². The molecule has 21 heavy (non-hydrogen) atoms. The summed E-state index contributed by atoms with van der Waals surface area (Å²) in [5.74, 6) is 0.863. The Morgan fingerprint density at radius 3 is 2.62 bits per heavy atom. The highest BCUT2D eigenvalue weighted by atomic mass is 16.4. The fourth-order valence-corrected chi connectivity index (χ4v) is 2.38. The van der Waals surface area contributed by atoms with Crippen LogP contribution in [0.15, 0.2) is 30.5 Å². The number of hydrogen-bond acceptors (Lipinski definition) is 3. The molecule has 0 aliphatic rings. The van der Waals surface area contributed by atoms with Gasteiger partial charge in [-0.3, -0.25) is 9.25 Å². The molecule has 0 amide bonds. The molecule has 3 rings (SSSR count). The zero-order valence-electron chi connectivity index (χ0n) is 12.1. The van der Waals surface area contributed by atoms with Crippen LogP contribution in [0.4, 0.5) is 0 Å². The van der Waals surface area contributed by atoms with Gasteiger partial charge in [0.2, 0.25) is 0 Å². The second-order valence-electron chi connectivity index (χ2n) is 5.32. The van der Waals surface area contributed by atoms with Gasteiger partial charge in [-0.25, -0.2) is 9.78 Å². The zero-order valence-corrected chi connectivity index (χ0v) is 12.1. The van der Waals surface area contributed by atoms with Gasteiger partial charge in [0.1, 0.15) is 5.82 Å². The first-order valence-corrected chi connectivity index (χ1v) is 6.73. The molecular weight excluding hydrogens is 268 g/mol. The molecule has 0 bridgehead atoms. The van der Waals surface area contributed by atoms with Gasteiger partial charge in [0.25, 0.3) is 0 Å². The molecule has 0 aliphatic carbocycles. The van der Waals surface area contributed by atoms with Crippen molar-refractivity contribution in [1.82, 2.24) is 19.3 Å². The average Bonchev–Trinajstić information content (AvgIpc) is 3.00. The Balaban J connectivity index is 2.34. The molecule has 0 saturated carbocycles. The van der Waals surface area contributed by atoms with Crippen LogP contribution in [0.1, 0.15) is 35.9 Å². The van der Waals surface area contributed by atoms with Gasteiger partial charge in [0.05, 0.1) is 16.6 Å². The lowest BCUT2D eigenvalue weighted by Crippen LogP contribution is -2.05. The third-order valence-corrected chi connectivity index (χ3v) is 3.37. The molecule has 1 N–H and O–H groups in total. The van der Waals surface area contributed by atoms with Crippen LogP contribution in [0.2, 0.25) is 0 Å². The summed E-state index contributed by atoms with van der Waals surface area (Å²) >= 11 is 0. The topological polar surface area (TPSA) is 72.9 Å². The predicted molar refractivity (Wildman–Crippen MR) is 78.9 cm³/mol. The van der Waals surface area contributed by atoms with Crippen LogP contribution in [-0.4, -0.2) is 30.4 Å². The maximum atomic E-state index is 11.2. The van der Waals surface area contributed by atoms with Gasteiger partial charge in [-0.15, -0.1) is 0 Å². The Bertz CT molecular complexity index is 829. The van der Waals surface area contributed by atoms with Crippen molar-refractivity contribution in [3.05, 3.63) is 41.9 Å². The summed E-state index contributed by atoms with van der Waals surface area (Å²) < 4.78 is 3.64. The molecular formula is C15H16N4O2. The summed E-state index contributed by atoms with van der Waals surface area (Å²) in [6.45, 7) is 4.11. The van der Waals surface area contributed by atoms with E-state index in [-0.39, 0.29) is 11.5 Å². The quantitative estimate of drug-likeness (QED) is 0.802. The number of carbonyl (C=O) groups is 1. The lowest BCUT2D eigenvalue weighted by atomic mass is 10.2. The molecule has 1 aromatic carbocycles. The molecule has 6 nitrogen and oxygen atoms in total. The standard InChI is InChI=1S/C15H16N4O2/c1-9(2)14-16-11-5-4-10(15(20)21)8-12(11)19(14)13-6-7-18(3)17-13/h4-9H,1-3H3,(H,20,21). The van der Waals surface area contributed by atoms with E-state index in [2.05, 4.69) is 23.9 Å². The third kappa shape index (κ3) is 2.18. The van der Waals surface area contributed by atoms with E-state index < -0.39 is 5.97 Å². The average molecular weight is 284 g/mol. The van der Waals surface area contributed by atoms with Gasteiger partial charge < -0.3 is 5.11 Å². The number of carboxylic acids is 1. The van der Waals surface area contributed by atoms with Gasteiger partial charge in [0.15, 0.2) is 5.82 Å². The Kier molecular flexibility index (Phi) is 3.01. The summed E-state index contributed by atoms with van der Waals surface area (Å²) in [5, 5.41) is 13.6. The minimum atomic E-state index is -0.947. The maximum Gasteiger partial charge on any atom is 0.335 e. The van der Waals surface area contributed by atoms with Crippen molar-refractivity contribution >= 4 is 17.0 Å². The molecule has 6 heteroatoms. The zero-order chi connectivity index (χ0) is 15.1. The van der Waals surface area contributed by atoms with Crippen LogP contribution < -0.4 is 0 Å². The van der Waals surface area contributed by atoms with Crippen LogP contribution in [-0.2, 0) is 7.05 Å². The van der Waals surface area contributed by atoms with Crippen molar-refractivity contribution in [2.24, 2.45) is 7.05 Å². The number of fused-ring (bicyclic) bond motifs is 1. The smallest absolute Gasteiger partial charge is 0.335 e. The first-order chi connectivity index (χ1) is 9.97. The Morgan fingerprint density at radius 1 is 1.29 bits per heavy atom. The molecule has 2 aromatic heterocycles. The van der Waals surface area contributed by atoms with E-state index in [9.17, 15) is 9.90 Å². The normalized spacial score (nSPS) is 11.4. The number of rotatable bonds is 3. The van der Waals surface area contributed by atoms with E-state index in [1.165, 1.54) is 0 Å². The van der Waals surface area contributed by atoms with Gasteiger partial charge in [-0.2, -0.15) is 5.10 Å². The number of aryl methyl sites for hydroxylation is 1. The lowest BCUT2D eigenvalue weighted by molar-refractivity contribution is 0.0697. The molecule has 2 heterocycles. The van der Waals surface area contributed by atoms with E-state index in [0.29, 0.717) is 0 Å². The molecule has 0 fully saturated rings. The summed E-state index contributed by atoms with van der Waals surface area (Å²) in [6.07, 6.45) is 1.85. The fraction of sp³-hybridized carbons (Fsp3) is 0.267. The van der Waals surface area contributed by atoms with Crippen LogP contribution in [0, 0.1) is 0 Å². The van der Waals surface area contributed by atoms with Crippen molar-refractivity contribution in [2.45, 2.75) is 19.8 Å². The molecule has 0 spiro atoms.